The number of esters is 1. The molecule has 0 aromatic heterocycles. The zero-order valence-corrected chi connectivity index (χ0v) is 12.6. The number of aliphatic hydroxyl groups excluding tert-OH is 1. The fraction of sp³-hybridized carbons (Fsp3) is 0.625. The Bertz CT molecular complexity index is 473. The van der Waals surface area contributed by atoms with Crippen LogP contribution in [0.1, 0.15) is 51.9 Å². The maximum absolute atomic E-state index is 12.3. The molecule has 0 saturated heterocycles. The molecular weight excluding hydrogens is 270 g/mol. The highest BCUT2D eigenvalue weighted by Crippen LogP contribution is 2.42. The van der Waals surface area contributed by atoms with Gasteiger partial charge in [-0.2, -0.15) is 0 Å². The minimum atomic E-state index is -0.496. The molecule has 116 valence electrons. The predicted octanol–water partition coefficient (Wildman–Crippen LogP) is 3.42. The van der Waals surface area contributed by atoms with Crippen molar-refractivity contribution in [1.82, 2.24) is 0 Å². The molecule has 2 aliphatic rings. The number of carbonyl (C=O) groups excluding carboxylic acids is 1. The lowest BCUT2D eigenvalue weighted by molar-refractivity contribution is -0.157. The summed E-state index contributed by atoms with van der Waals surface area (Å²) in [5, 5.41) is 14.3. The van der Waals surface area contributed by atoms with E-state index in [-0.39, 0.29) is 17.9 Å². The third-order valence-electron chi connectivity index (χ3n) is 3.95. The standard InChI is InChI=1S/C16H23NO4/c1-3-7-12(17-20-10-4-2)14-13(18)11-16(21-15(14)19)8-5-6-9-16/h4,18H,2-3,5-11H2,1H3. The molecule has 0 amide bonds. The lowest BCUT2D eigenvalue weighted by Gasteiger charge is -2.33. The van der Waals surface area contributed by atoms with Crippen molar-refractivity contribution in [3.8, 4) is 0 Å². The first-order chi connectivity index (χ1) is 10.1. The molecule has 1 spiro atoms. The number of carbonyl (C=O) groups is 1. The molecular formula is C16H23NO4. The number of aliphatic hydroxyl groups is 1. The van der Waals surface area contributed by atoms with Crippen LogP contribution in [0.3, 0.4) is 0 Å². The van der Waals surface area contributed by atoms with Crippen LogP contribution in [0.2, 0.25) is 0 Å². The van der Waals surface area contributed by atoms with Gasteiger partial charge in [0.15, 0.2) is 0 Å². The SMILES string of the molecule is C=CCON=C(CCC)C1=C(O)CC2(CCCC2)OC1=O. The summed E-state index contributed by atoms with van der Waals surface area (Å²) in [6, 6.07) is 0. The van der Waals surface area contributed by atoms with E-state index < -0.39 is 11.6 Å². The van der Waals surface area contributed by atoms with Gasteiger partial charge in [-0.15, -0.1) is 0 Å². The second kappa shape index (κ2) is 6.78. The summed E-state index contributed by atoms with van der Waals surface area (Å²) in [5.74, 6) is -0.391. The van der Waals surface area contributed by atoms with Gasteiger partial charge < -0.3 is 14.7 Å². The third kappa shape index (κ3) is 3.46. The summed E-state index contributed by atoms with van der Waals surface area (Å²) in [4.78, 5) is 17.4. The van der Waals surface area contributed by atoms with Gasteiger partial charge in [-0.1, -0.05) is 31.2 Å². The summed E-state index contributed by atoms with van der Waals surface area (Å²) < 4.78 is 5.64. The molecule has 1 aliphatic heterocycles. The first kappa shape index (κ1) is 15.6. The lowest BCUT2D eigenvalue weighted by Crippen LogP contribution is -2.39. The molecule has 1 aliphatic carbocycles. The highest BCUT2D eigenvalue weighted by molar-refractivity contribution is 6.20. The van der Waals surface area contributed by atoms with Gasteiger partial charge in [-0.05, 0) is 32.1 Å². The highest BCUT2D eigenvalue weighted by atomic mass is 16.6. The van der Waals surface area contributed by atoms with Crippen LogP contribution < -0.4 is 0 Å². The summed E-state index contributed by atoms with van der Waals surface area (Å²) in [7, 11) is 0. The van der Waals surface area contributed by atoms with Gasteiger partial charge >= 0.3 is 5.97 Å². The molecule has 0 unspecified atom stereocenters. The molecule has 0 aromatic rings. The summed E-state index contributed by atoms with van der Waals surface area (Å²) in [5.41, 5.74) is 0.136. The topological polar surface area (TPSA) is 68.1 Å². The second-order valence-corrected chi connectivity index (χ2v) is 5.65. The van der Waals surface area contributed by atoms with Crippen molar-refractivity contribution < 1.29 is 19.5 Å². The van der Waals surface area contributed by atoms with Gasteiger partial charge in [0, 0.05) is 6.42 Å². The monoisotopic (exact) mass is 293 g/mol. The predicted molar refractivity (Wildman–Crippen MR) is 80.1 cm³/mol. The van der Waals surface area contributed by atoms with Gasteiger partial charge in [0.25, 0.3) is 0 Å². The Labute approximate surface area is 125 Å². The van der Waals surface area contributed by atoms with E-state index >= 15 is 0 Å². The minimum Gasteiger partial charge on any atom is -0.511 e. The van der Waals surface area contributed by atoms with Crippen LogP contribution in [0.25, 0.3) is 0 Å². The van der Waals surface area contributed by atoms with Crippen LogP contribution in [0.15, 0.2) is 29.1 Å². The first-order valence-electron chi connectivity index (χ1n) is 7.57. The molecule has 0 atom stereocenters. The Morgan fingerprint density at radius 2 is 2.24 bits per heavy atom. The zero-order chi connectivity index (χ0) is 15.3. The number of oxime groups is 1. The normalized spacial score (nSPS) is 21.6. The lowest BCUT2D eigenvalue weighted by atomic mass is 9.90. The van der Waals surface area contributed by atoms with Gasteiger partial charge in [0.05, 0.1) is 5.71 Å². The molecule has 0 aromatic carbocycles. The van der Waals surface area contributed by atoms with E-state index in [0.717, 1.165) is 32.1 Å². The number of nitrogens with zero attached hydrogens (tertiary/aromatic N) is 1. The Kier molecular flexibility index (Phi) is 5.04. The molecule has 0 radical (unpaired) electrons. The Hall–Kier alpha value is -1.78. The van der Waals surface area contributed by atoms with Crippen molar-refractivity contribution in [1.29, 1.82) is 0 Å². The van der Waals surface area contributed by atoms with Crippen molar-refractivity contribution >= 4 is 11.7 Å². The second-order valence-electron chi connectivity index (χ2n) is 5.65. The van der Waals surface area contributed by atoms with Crippen molar-refractivity contribution in [3.63, 3.8) is 0 Å². The molecule has 1 saturated carbocycles. The summed E-state index contributed by atoms with van der Waals surface area (Å²) in [6.45, 7) is 5.79. The van der Waals surface area contributed by atoms with Crippen LogP contribution in [0, 0.1) is 0 Å². The van der Waals surface area contributed by atoms with E-state index in [2.05, 4.69) is 11.7 Å². The van der Waals surface area contributed by atoms with Crippen molar-refractivity contribution in [2.45, 2.75) is 57.5 Å². The Morgan fingerprint density at radius 1 is 1.52 bits per heavy atom. The van der Waals surface area contributed by atoms with Gasteiger partial charge in [-0.25, -0.2) is 4.79 Å². The first-order valence-corrected chi connectivity index (χ1v) is 7.57. The van der Waals surface area contributed by atoms with Crippen molar-refractivity contribution in [2.75, 3.05) is 6.61 Å². The van der Waals surface area contributed by atoms with Gasteiger partial charge in [0.1, 0.15) is 23.5 Å². The van der Waals surface area contributed by atoms with Gasteiger partial charge in [-0.3, -0.25) is 0 Å². The van der Waals surface area contributed by atoms with Crippen LogP contribution in [-0.4, -0.2) is 29.0 Å². The number of rotatable bonds is 6. The zero-order valence-electron chi connectivity index (χ0n) is 12.6. The average Bonchev–Trinajstić information content (AvgIpc) is 2.86. The smallest absolute Gasteiger partial charge is 0.344 e. The molecule has 1 N–H and O–H groups in total. The quantitative estimate of drug-likeness (QED) is 0.268. The van der Waals surface area contributed by atoms with Crippen molar-refractivity contribution in [3.05, 3.63) is 24.0 Å². The molecule has 0 bridgehead atoms. The van der Waals surface area contributed by atoms with E-state index in [1.807, 2.05) is 6.92 Å². The van der Waals surface area contributed by atoms with Crippen LogP contribution >= 0.6 is 0 Å². The Balaban J connectivity index is 2.24. The van der Waals surface area contributed by atoms with E-state index in [1.165, 1.54) is 0 Å². The molecule has 2 rings (SSSR count). The fourth-order valence-corrected chi connectivity index (χ4v) is 3.00. The Morgan fingerprint density at radius 3 is 2.81 bits per heavy atom. The van der Waals surface area contributed by atoms with E-state index in [9.17, 15) is 9.90 Å². The number of hydrogen-bond acceptors (Lipinski definition) is 5. The van der Waals surface area contributed by atoms with E-state index in [0.29, 0.717) is 18.6 Å². The van der Waals surface area contributed by atoms with Crippen molar-refractivity contribution in [2.24, 2.45) is 5.16 Å². The number of ether oxygens (including phenoxy) is 1. The molecule has 1 heterocycles. The molecule has 5 heteroatoms. The third-order valence-corrected chi connectivity index (χ3v) is 3.95. The average molecular weight is 293 g/mol. The summed E-state index contributed by atoms with van der Waals surface area (Å²) in [6.07, 6.45) is 7.03. The maximum Gasteiger partial charge on any atom is 0.344 e. The van der Waals surface area contributed by atoms with Crippen LogP contribution in [0.4, 0.5) is 0 Å². The maximum atomic E-state index is 12.3. The largest absolute Gasteiger partial charge is 0.511 e. The summed E-state index contributed by atoms with van der Waals surface area (Å²) >= 11 is 0. The van der Waals surface area contributed by atoms with Gasteiger partial charge in [0.2, 0.25) is 0 Å². The molecule has 1 fully saturated rings. The van der Waals surface area contributed by atoms with Crippen LogP contribution in [-0.2, 0) is 14.4 Å². The van der Waals surface area contributed by atoms with Crippen LogP contribution in [0.5, 0.6) is 0 Å². The minimum absolute atomic E-state index is 0.0857. The highest BCUT2D eigenvalue weighted by Gasteiger charge is 2.44. The molecule has 5 nitrogen and oxygen atoms in total. The molecule has 21 heavy (non-hydrogen) atoms. The number of hydrogen-bond donors (Lipinski definition) is 1. The van der Waals surface area contributed by atoms with E-state index in [1.54, 1.807) is 6.08 Å². The fourth-order valence-electron chi connectivity index (χ4n) is 3.00. The van der Waals surface area contributed by atoms with E-state index in [4.69, 9.17) is 9.57 Å².